The third kappa shape index (κ3) is 3.13. The first-order valence-electron chi connectivity index (χ1n) is 9.43. The minimum atomic E-state index is -0.229. The summed E-state index contributed by atoms with van der Waals surface area (Å²) in [7, 11) is 0. The first-order chi connectivity index (χ1) is 13.5. The molecule has 28 heavy (non-hydrogen) atoms. The predicted octanol–water partition coefficient (Wildman–Crippen LogP) is 5.29. The summed E-state index contributed by atoms with van der Waals surface area (Å²) >= 11 is 0. The van der Waals surface area contributed by atoms with Gasteiger partial charge in [-0.05, 0) is 52.0 Å². The van der Waals surface area contributed by atoms with Gasteiger partial charge in [-0.1, -0.05) is 18.2 Å². The molecule has 0 saturated carbocycles. The molecule has 0 spiro atoms. The van der Waals surface area contributed by atoms with E-state index >= 15 is 0 Å². The molecule has 0 aliphatic carbocycles. The van der Waals surface area contributed by atoms with Crippen LogP contribution in [0.5, 0.6) is 0 Å². The van der Waals surface area contributed by atoms with Crippen LogP contribution in [-0.4, -0.2) is 10.5 Å². The molecular formula is C23H24N2O3. The highest BCUT2D eigenvalue weighted by molar-refractivity contribution is 5.96. The zero-order valence-electron chi connectivity index (χ0n) is 16.6. The Labute approximate surface area is 164 Å². The van der Waals surface area contributed by atoms with E-state index in [1.54, 1.807) is 6.26 Å². The summed E-state index contributed by atoms with van der Waals surface area (Å²) in [6, 6.07) is 13.4. The molecule has 0 bridgehead atoms. The summed E-state index contributed by atoms with van der Waals surface area (Å²) in [5.74, 6) is 1.55. The van der Waals surface area contributed by atoms with Gasteiger partial charge in [-0.25, -0.2) is 0 Å². The van der Waals surface area contributed by atoms with Gasteiger partial charge in [0.25, 0.3) is 5.91 Å². The highest BCUT2D eigenvalue weighted by Gasteiger charge is 2.22. The summed E-state index contributed by atoms with van der Waals surface area (Å²) in [6.45, 7) is 8.54. The molecule has 0 saturated heterocycles. The number of amides is 1. The average Bonchev–Trinajstić information content (AvgIpc) is 3.37. The minimum Gasteiger partial charge on any atom is -0.467 e. The predicted molar refractivity (Wildman–Crippen MR) is 109 cm³/mol. The molecule has 1 N–H and O–H groups in total. The van der Waals surface area contributed by atoms with Crippen molar-refractivity contribution >= 4 is 16.9 Å². The van der Waals surface area contributed by atoms with Crippen molar-refractivity contribution in [1.29, 1.82) is 0 Å². The van der Waals surface area contributed by atoms with Gasteiger partial charge in [0.2, 0.25) is 0 Å². The Morgan fingerprint density at radius 3 is 2.64 bits per heavy atom. The number of nitrogens with one attached hydrogen (secondary N) is 1. The quantitative estimate of drug-likeness (QED) is 0.515. The molecule has 4 rings (SSSR count). The Bertz CT molecular complexity index is 1130. The van der Waals surface area contributed by atoms with Crippen LogP contribution in [-0.2, 0) is 6.54 Å². The summed E-state index contributed by atoms with van der Waals surface area (Å²) in [4.78, 5) is 13.0. The van der Waals surface area contributed by atoms with Crippen LogP contribution in [0.3, 0.4) is 0 Å². The average molecular weight is 376 g/mol. The smallest absolute Gasteiger partial charge is 0.253 e. The Kier molecular flexibility index (Phi) is 4.59. The molecule has 0 fully saturated rings. The third-order valence-electron chi connectivity index (χ3n) is 5.33. The Balaban J connectivity index is 1.57. The lowest BCUT2D eigenvalue weighted by Gasteiger charge is -2.13. The minimum absolute atomic E-state index is 0.105. The number of carbonyl (C=O) groups excluding carboxylic acids is 1. The van der Waals surface area contributed by atoms with Crippen molar-refractivity contribution in [3.8, 4) is 0 Å². The zero-order valence-corrected chi connectivity index (χ0v) is 16.6. The van der Waals surface area contributed by atoms with E-state index < -0.39 is 0 Å². The second-order valence-electron chi connectivity index (χ2n) is 7.23. The lowest BCUT2D eigenvalue weighted by Crippen LogP contribution is -2.27. The van der Waals surface area contributed by atoms with Gasteiger partial charge < -0.3 is 18.7 Å². The molecule has 0 aliphatic rings. The number of benzene rings is 1. The number of aryl methyl sites for hydroxylation is 2. The van der Waals surface area contributed by atoms with Gasteiger partial charge in [-0.15, -0.1) is 0 Å². The zero-order chi connectivity index (χ0) is 19.8. The number of carbonyl (C=O) groups is 1. The maximum Gasteiger partial charge on any atom is 0.253 e. The van der Waals surface area contributed by atoms with Crippen LogP contribution in [0.2, 0.25) is 0 Å². The van der Waals surface area contributed by atoms with E-state index in [1.807, 2.05) is 70.2 Å². The third-order valence-corrected chi connectivity index (χ3v) is 5.33. The standard InChI is InChI=1S/C23H24N2O3/c1-14-12-20(17(4)25(14)13-18-8-7-11-27-18)23(26)24-16(3)22-15(2)19-9-5-6-10-21(19)28-22/h5-12,16H,13H2,1-4H3,(H,24,26). The summed E-state index contributed by atoms with van der Waals surface area (Å²) in [5, 5.41) is 4.16. The fraction of sp³-hybridized carbons (Fsp3) is 0.261. The lowest BCUT2D eigenvalue weighted by molar-refractivity contribution is 0.0935. The van der Waals surface area contributed by atoms with Crippen LogP contribution in [0.15, 0.2) is 57.6 Å². The monoisotopic (exact) mass is 376 g/mol. The number of fused-ring (bicyclic) bond motifs is 1. The van der Waals surface area contributed by atoms with Crippen LogP contribution in [0.4, 0.5) is 0 Å². The van der Waals surface area contributed by atoms with E-state index in [1.165, 1.54) is 0 Å². The number of nitrogens with zero attached hydrogens (tertiary/aromatic N) is 1. The summed E-state index contributed by atoms with van der Waals surface area (Å²) in [6.07, 6.45) is 1.66. The van der Waals surface area contributed by atoms with Crippen LogP contribution < -0.4 is 5.32 Å². The highest BCUT2D eigenvalue weighted by atomic mass is 16.3. The van der Waals surface area contributed by atoms with E-state index in [-0.39, 0.29) is 11.9 Å². The van der Waals surface area contributed by atoms with E-state index in [0.29, 0.717) is 12.1 Å². The van der Waals surface area contributed by atoms with Crippen molar-refractivity contribution in [2.24, 2.45) is 0 Å². The lowest BCUT2D eigenvalue weighted by atomic mass is 10.1. The Hall–Kier alpha value is -3.21. The van der Waals surface area contributed by atoms with Gasteiger partial charge in [-0.2, -0.15) is 0 Å². The molecule has 1 aromatic carbocycles. The Morgan fingerprint density at radius 1 is 1.14 bits per heavy atom. The molecule has 3 heterocycles. The first kappa shape index (κ1) is 18.2. The molecule has 0 radical (unpaired) electrons. The topological polar surface area (TPSA) is 60.3 Å². The van der Waals surface area contributed by atoms with Gasteiger partial charge in [0.15, 0.2) is 0 Å². The number of furan rings is 2. The van der Waals surface area contributed by atoms with Crippen molar-refractivity contribution in [2.75, 3.05) is 0 Å². The van der Waals surface area contributed by atoms with E-state index in [0.717, 1.165) is 39.4 Å². The second-order valence-corrected chi connectivity index (χ2v) is 7.23. The number of hydrogen-bond acceptors (Lipinski definition) is 3. The summed E-state index contributed by atoms with van der Waals surface area (Å²) in [5.41, 5.74) is 4.51. The van der Waals surface area contributed by atoms with Gasteiger partial charge in [0.1, 0.15) is 17.1 Å². The molecule has 5 heteroatoms. The van der Waals surface area contributed by atoms with Gasteiger partial charge in [0, 0.05) is 22.3 Å². The molecule has 1 amide bonds. The SMILES string of the molecule is Cc1c(C(C)NC(=O)c2cc(C)n(Cc3ccco3)c2C)oc2ccccc12. The normalized spacial score (nSPS) is 12.4. The first-order valence-corrected chi connectivity index (χ1v) is 9.43. The van der Waals surface area contributed by atoms with Crippen LogP contribution >= 0.6 is 0 Å². The molecule has 144 valence electrons. The van der Waals surface area contributed by atoms with Gasteiger partial charge in [0.05, 0.1) is 24.4 Å². The number of aromatic nitrogens is 1. The van der Waals surface area contributed by atoms with Crippen LogP contribution in [0.1, 0.15) is 51.8 Å². The highest BCUT2D eigenvalue weighted by Crippen LogP contribution is 2.29. The largest absolute Gasteiger partial charge is 0.467 e. The Morgan fingerprint density at radius 2 is 1.93 bits per heavy atom. The van der Waals surface area contributed by atoms with Crippen molar-refractivity contribution in [3.63, 3.8) is 0 Å². The summed E-state index contributed by atoms with van der Waals surface area (Å²) < 4.78 is 13.5. The molecule has 3 aromatic heterocycles. The number of hydrogen-bond donors (Lipinski definition) is 1. The van der Waals surface area contributed by atoms with Crippen LogP contribution in [0.25, 0.3) is 11.0 Å². The molecular weight excluding hydrogens is 352 g/mol. The van der Waals surface area contributed by atoms with Crippen molar-refractivity contribution in [1.82, 2.24) is 9.88 Å². The maximum atomic E-state index is 13.0. The number of para-hydroxylation sites is 1. The molecule has 0 aliphatic heterocycles. The van der Waals surface area contributed by atoms with Gasteiger partial charge >= 0.3 is 0 Å². The molecule has 1 atom stereocenters. The molecule has 1 unspecified atom stereocenters. The van der Waals surface area contributed by atoms with Gasteiger partial charge in [-0.3, -0.25) is 4.79 Å². The number of rotatable bonds is 5. The van der Waals surface area contributed by atoms with E-state index in [9.17, 15) is 4.79 Å². The maximum absolute atomic E-state index is 13.0. The van der Waals surface area contributed by atoms with Crippen molar-refractivity contribution < 1.29 is 13.6 Å². The fourth-order valence-electron chi connectivity index (χ4n) is 3.78. The van der Waals surface area contributed by atoms with Crippen LogP contribution in [0, 0.1) is 20.8 Å². The second kappa shape index (κ2) is 7.08. The van der Waals surface area contributed by atoms with E-state index in [2.05, 4.69) is 9.88 Å². The molecule has 5 nitrogen and oxygen atoms in total. The molecule has 4 aromatic rings. The fourth-order valence-corrected chi connectivity index (χ4v) is 3.78. The van der Waals surface area contributed by atoms with Crippen molar-refractivity contribution in [3.05, 3.63) is 82.8 Å². The van der Waals surface area contributed by atoms with E-state index in [4.69, 9.17) is 8.83 Å². The van der Waals surface area contributed by atoms with Crippen molar-refractivity contribution in [2.45, 2.75) is 40.3 Å².